The largest absolute Gasteiger partial charge is 0.507 e. The van der Waals surface area contributed by atoms with Crippen LogP contribution in [0.4, 0.5) is 5.69 Å². The van der Waals surface area contributed by atoms with Crippen molar-refractivity contribution in [3.8, 4) is 11.5 Å². The number of hydrogen-bond donors (Lipinski definition) is 2. The first-order valence-corrected chi connectivity index (χ1v) is 12.4. The lowest BCUT2D eigenvalue weighted by Gasteiger charge is -2.27. The highest BCUT2D eigenvalue weighted by molar-refractivity contribution is 7.89. The first-order valence-electron chi connectivity index (χ1n) is 10.5. The fourth-order valence-electron chi connectivity index (χ4n) is 4.00. The van der Waals surface area contributed by atoms with Crippen molar-refractivity contribution >= 4 is 44.8 Å². The Morgan fingerprint density at radius 1 is 0.972 bits per heavy atom. The minimum Gasteiger partial charge on any atom is -0.507 e. The number of rotatable bonds is 6. The predicted octanol–water partition coefficient (Wildman–Crippen LogP) is 3.63. The molecule has 0 aromatic heterocycles. The zero-order valence-electron chi connectivity index (χ0n) is 19.1. The number of halogens is 1. The minimum absolute atomic E-state index is 0.164. The van der Waals surface area contributed by atoms with Crippen molar-refractivity contribution in [1.82, 2.24) is 0 Å². The maximum absolute atomic E-state index is 13.3. The first-order chi connectivity index (χ1) is 17.1. The molecule has 3 aromatic rings. The van der Waals surface area contributed by atoms with Gasteiger partial charge in [0.1, 0.15) is 17.3 Å². The van der Waals surface area contributed by atoms with Gasteiger partial charge in [-0.05, 0) is 60.7 Å². The number of amides is 1. The lowest BCUT2D eigenvalue weighted by molar-refractivity contribution is -0.132. The van der Waals surface area contributed by atoms with Gasteiger partial charge in [0, 0.05) is 27.9 Å². The van der Waals surface area contributed by atoms with Crippen molar-refractivity contribution in [2.24, 2.45) is 5.14 Å². The Morgan fingerprint density at radius 2 is 1.61 bits per heavy atom. The lowest BCUT2D eigenvalue weighted by atomic mass is 9.94. The fraction of sp³-hybridized carbons (Fsp3) is 0.120. The summed E-state index contributed by atoms with van der Waals surface area (Å²) in [5, 5.41) is 16.8. The fourth-order valence-corrected chi connectivity index (χ4v) is 4.64. The number of primary sulfonamides is 1. The van der Waals surface area contributed by atoms with Crippen molar-refractivity contribution < 1.29 is 32.6 Å². The van der Waals surface area contributed by atoms with E-state index in [2.05, 4.69) is 0 Å². The molecule has 1 amide bonds. The number of carbonyl (C=O) groups is 2. The predicted molar refractivity (Wildman–Crippen MR) is 134 cm³/mol. The molecular weight excluding hydrogens is 508 g/mol. The van der Waals surface area contributed by atoms with Crippen LogP contribution in [0.25, 0.3) is 5.76 Å². The zero-order valence-corrected chi connectivity index (χ0v) is 20.7. The van der Waals surface area contributed by atoms with Crippen LogP contribution < -0.4 is 19.5 Å². The first kappa shape index (κ1) is 25.2. The number of nitrogens with zero attached hydrogens (tertiary/aromatic N) is 1. The van der Waals surface area contributed by atoms with Crippen molar-refractivity contribution in [2.75, 3.05) is 19.1 Å². The van der Waals surface area contributed by atoms with Crippen LogP contribution in [0.5, 0.6) is 11.5 Å². The number of Topliss-reactive ketones (excluding diaryl/α,β-unsaturated/α-hetero) is 1. The number of hydrogen-bond acceptors (Lipinski definition) is 7. The van der Waals surface area contributed by atoms with E-state index in [-0.39, 0.29) is 21.7 Å². The smallest absolute Gasteiger partial charge is 0.300 e. The summed E-state index contributed by atoms with van der Waals surface area (Å²) in [6.07, 6.45) is 0. The normalized spacial score (nSPS) is 17.3. The third-order valence-corrected chi connectivity index (χ3v) is 6.92. The number of carbonyl (C=O) groups excluding carboxylic acids is 2. The zero-order chi connectivity index (χ0) is 26.2. The molecule has 3 N–H and O–H groups in total. The van der Waals surface area contributed by atoms with Gasteiger partial charge in [-0.15, -0.1) is 0 Å². The summed E-state index contributed by atoms with van der Waals surface area (Å²) in [6, 6.07) is 15.0. The molecular formula is C25H21ClN2O7S. The van der Waals surface area contributed by atoms with Gasteiger partial charge in [0.15, 0.2) is 0 Å². The van der Waals surface area contributed by atoms with Gasteiger partial charge in [0.05, 0.1) is 30.7 Å². The minimum atomic E-state index is -3.98. The Bertz CT molecular complexity index is 1480. The molecule has 4 rings (SSSR count). The van der Waals surface area contributed by atoms with Crippen LogP contribution in [-0.4, -0.2) is 39.4 Å². The third-order valence-electron chi connectivity index (χ3n) is 5.74. The number of sulfonamides is 1. The molecule has 0 unspecified atom stereocenters. The Morgan fingerprint density at radius 3 is 2.17 bits per heavy atom. The Kier molecular flexibility index (Phi) is 6.77. The molecule has 0 saturated carbocycles. The average molecular weight is 529 g/mol. The van der Waals surface area contributed by atoms with Gasteiger partial charge in [0.2, 0.25) is 10.0 Å². The van der Waals surface area contributed by atoms with Crippen LogP contribution in [0, 0.1) is 0 Å². The summed E-state index contributed by atoms with van der Waals surface area (Å²) < 4.78 is 34.2. The number of aliphatic hydroxyl groups excluding tert-OH is 1. The van der Waals surface area contributed by atoms with Crippen LogP contribution in [0.3, 0.4) is 0 Å². The van der Waals surface area contributed by atoms with Gasteiger partial charge in [-0.25, -0.2) is 13.6 Å². The SMILES string of the molecule is COc1ccc([C@H]2C(=C(O)c3ccc(Cl)cc3)C(=O)C(=O)N2c2ccc(S(N)(=O)=O)cc2)c(OC)c1. The van der Waals surface area contributed by atoms with Crippen LogP contribution in [-0.2, 0) is 19.6 Å². The molecule has 186 valence electrons. The highest BCUT2D eigenvalue weighted by Crippen LogP contribution is 2.45. The van der Waals surface area contributed by atoms with E-state index >= 15 is 0 Å². The Balaban J connectivity index is 1.97. The molecule has 1 aliphatic heterocycles. The van der Waals surface area contributed by atoms with Crippen molar-refractivity contribution in [2.45, 2.75) is 10.9 Å². The second-order valence-electron chi connectivity index (χ2n) is 7.82. The lowest BCUT2D eigenvalue weighted by Crippen LogP contribution is -2.29. The standard InChI is InChI=1S/C25H21ClN2O7S/c1-34-17-9-12-19(20(13-17)35-2)22-21(23(29)14-3-5-15(26)6-4-14)24(30)25(31)28(22)16-7-10-18(11-8-16)36(27,32)33/h3-13,22,29H,1-2H3,(H2,27,32,33)/t22-/m0/s1. The number of anilines is 1. The van der Waals surface area contributed by atoms with Crippen molar-refractivity contribution in [1.29, 1.82) is 0 Å². The van der Waals surface area contributed by atoms with Crippen molar-refractivity contribution in [3.63, 3.8) is 0 Å². The van der Waals surface area contributed by atoms with E-state index in [4.69, 9.17) is 26.2 Å². The van der Waals surface area contributed by atoms with Gasteiger partial charge in [-0.3, -0.25) is 14.5 Å². The van der Waals surface area contributed by atoms with E-state index in [9.17, 15) is 23.1 Å². The summed E-state index contributed by atoms with van der Waals surface area (Å²) in [6.45, 7) is 0. The maximum Gasteiger partial charge on any atom is 0.300 e. The highest BCUT2D eigenvalue weighted by atomic mass is 35.5. The quantitative estimate of drug-likeness (QED) is 0.283. The Labute approximate surface area is 212 Å². The summed E-state index contributed by atoms with van der Waals surface area (Å²) in [5.74, 6) is -1.48. The highest BCUT2D eigenvalue weighted by Gasteiger charge is 2.48. The molecule has 0 bridgehead atoms. The molecule has 1 atom stereocenters. The number of benzene rings is 3. The molecule has 0 spiro atoms. The maximum atomic E-state index is 13.3. The van der Waals surface area contributed by atoms with Gasteiger partial charge in [0.25, 0.3) is 11.7 Å². The van der Waals surface area contributed by atoms with E-state index in [1.165, 1.54) is 55.5 Å². The third kappa shape index (κ3) is 4.53. The number of ketones is 1. The molecule has 11 heteroatoms. The number of ether oxygens (including phenoxy) is 2. The molecule has 1 aliphatic rings. The van der Waals surface area contributed by atoms with Crippen LogP contribution >= 0.6 is 11.6 Å². The molecule has 1 saturated heterocycles. The summed E-state index contributed by atoms with van der Waals surface area (Å²) >= 11 is 5.96. The van der Waals surface area contributed by atoms with E-state index in [1.807, 2.05) is 0 Å². The number of methoxy groups -OCH3 is 2. The number of nitrogens with two attached hydrogens (primary N) is 1. The second kappa shape index (κ2) is 9.65. The van der Waals surface area contributed by atoms with E-state index in [0.717, 1.165) is 0 Å². The van der Waals surface area contributed by atoms with Gasteiger partial charge in [-0.2, -0.15) is 0 Å². The van der Waals surface area contributed by atoms with Crippen LogP contribution in [0.1, 0.15) is 17.2 Å². The van der Waals surface area contributed by atoms with Gasteiger partial charge < -0.3 is 14.6 Å². The molecule has 0 aliphatic carbocycles. The summed E-state index contributed by atoms with van der Waals surface area (Å²) in [4.78, 5) is 27.6. The second-order valence-corrected chi connectivity index (χ2v) is 9.82. The molecule has 36 heavy (non-hydrogen) atoms. The van der Waals surface area contributed by atoms with Gasteiger partial charge in [-0.1, -0.05) is 11.6 Å². The van der Waals surface area contributed by atoms with Crippen LogP contribution in [0.15, 0.2) is 77.2 Å². The molecule has 1 heterocycles. The van der Waals surface area contributed by atoms with E-state index in [1.54, 1.807) is 30.3 Å². The summed E-state index contributed by atoms with van der Waals surface area (Å²) in [7, 11) is -1.08. The van der Waals surface area contributed by atoms with E-state index in [0.29, 0.717) is 22.1 Å². The summed E-state index contributed by atoms with van der Waals surface area (Å²) in [5.41, 5.74) is 0.701. The topological polar surface area (TPSA) is 136 Å². The van der Waals surface area contributed by atoms with Gasteiger partial charge >= 0.3 is 0 Å². The molecule has 0 radical (unpaired) electrons. The molecule has 9 nitrogen and oxygen atoms in total. The van der Waals surface area contributed by atoms with E-state index < -0.39 is 33.5 Å². The molecule has 3 aromatic carbocycles. The van der Waals surface area contributed by atoms with Crippen molar-refractivity contribution in [3.05, 3.63) is 88.5 Å². The van der Waals surface area contributed by atoms with Crippen LogP contribution in [0.2, 0.25) is 5.02 Å². The monoisotopic (exact) mass is 528 g/mol. The molecule has 1 fully saturated rings. The Hall–Kier alpha value is -3.86. The number of aliphatic hydroxyl groups is 1. The average Bonchev–Trinajstić information content (AvgIpc) is 3.13.